The van der Waals surface area contributed by atoms with Gasteiger partial charge in [0.25, 0.3) is 0 Å². The Hall–Kier alpha value is -1.68. The Morgan fingerprint density at radius 1 is 0.913 bits per heavy atom. The average Bonchev–Trinajstić information content (AvgIpc) is 2.65. The largest absolute Gasteiger partial charge is 0.396 e. The van der Waals surface area contributed by atoms with Gasteiger partial charge >= 0.3 is 0 Å². The average molecular weight is 312 g/mol. The summed E-state index contributed by atoms with van der Waals surface area (Å²) < 4.78 is 0. The van der Waals surface area contributed by atoms with Crippen molar-refractivity contribution in [2.45, 2.75) is 19.4 Å². The van der Waals surface area contributed by atoms with E-state index in [1.165, 1.54) is 11.1 Å². The van der Waals surface area contributed by atoms with Crippen LogP contribution in [0.3, 0.4) is 0 Å². The van der Waals surface area contributed by atoms with Gasteiger partial charge in [-0.1, -0.05) is 67.6 Å². The minimum absolute atomic E-state index is 0.319. The van der Waals surface area contributed by atoms with Gasteiger partial charge in [0.2, 0.25) is 0 Å². The number of nitrogens with one attached hydrogen (secondary N) is 1. The van der Waals surface area contributed by atoms with Crippen molar-refractivity contribution in [3.63, 3.8) is 0 Å². The molecule has 0 spiro atoms. The van der Waals surface area contributed by atoms with E-state index in [0.29, 0.717) is 12.6 Å². The molecule has 0 unspecified atom stereocenters. The van der Waals surface area contributed by atoms with Gasteiger partial charge in [-0.2, -0.15) is 0 Å². The van der Waals surface area contributed by atoms with Crippen molar-refractivity contribution in [2.24, 2.45) is 0 Å². The molecular formula is C20H28N2O. The lowest BCUT2D eigenvalue weighted by Gasteiger charge is -2.35. The van der Waals surface area contributed by atoms with Gasteiger partial charge in [0, 0.05) is 32.8 Å². The number of piperazine rings is 1. The van der Waals surface area contributed by atoms with Crippen molar-refractivity contribution in [1.29, 1.82) is 0 Å². The second kappa shape index (κ2) is 10.2. The summed E-state index contributed by atoms with van der Waals surface area (Å²) in [6, 6.07) is 22.0. The van der Waals surface area contributed by atoms with Gasteiger partial charge in [-0.3, -0.25) is 4.90 Å². The third-order valence-electron chi connectivity index (χ3n) is 3.97. The van der Waals surface area contributed by atoms with Crippen LogP contribution in [0.2, 0.25) is 0 Å². The first kappa shape index (κ1) is 17.7. The first-order valence-corrected chi connectivity index (χ1v) is 8.52. The molecule has 0 amide bonds. The molecule has 1 fully saturated rings. The second-order valence-corrected chi connectivity index (χ2v) is 5.73. The van der Waals surface area contributed by atoms with E-state index < -0.39 is 0 Å². The minimum Gasteiger partial charge on any atom is -0.396 e. The fourth-order valence-corrected chi connectivity index (χ4v) is 2.83. The third-order valence-corrected chi connectivity index (χ3v) is 3.97. The van der Waals surface area contributed by atoms with Gasteiger partial charge in [0.15, 0.2) is 0 Å². The molecule has 0 bridgehead atoms. The van der Waals surface area contributed by atoms with Crippen LogP contribution in [-0.4, -0.2) is 42.8 Å². The number of aliphatic hydroxyl groups excluding tert-OH is 1. The molecule has 0 aliphatic carbocycles. The van der Waals surface area contributed by atoms with Crippen LogP contribution >= 0.6 is 0 Å². The highest BCUT2D eigenvalue weighted by atomic mass is 16.2. The van der Waals surface area contributed by atoms with Crippen LogP contribution in [0.4, 0.5) is 0 Å². The first-order valence-electron chi connectivity index (χ1n) is 8.52. The van der Waals surface area contributed by atoms with Crippen LogP contribution in [0.15, 0.2) is 60.7 Å². The molecule has 3 nitrogen and oxygen atoms in total. The molecule has 0 saturated carbocycles. The standard InChI is InChI=1S/C17H20N2.C3H8O/c1-3-7-15(8-4-1)17(16-9-5-2-6-10-16)19-13-11-18-12-14-19;1-2-3-4/h1-10,17-18H,11-14H2;4H,2-3H2,1H3. The molecule has 0 aromatic heterocycles. The van der Waals surface area contributed by atoms with Crippen LogP contribution in [0.1, 0.15) is 30.5 Å². The molecule has 2 aromatic carbocycles. The highest BCUT2D eigenvalue weighted by Crippen LogP contribution is 2.28. The van der Waals surface area contributed by atoms with E-state index in [1.54, 1.807) is 0 Å². The second-order valence-electron chi connectivity index (χ2n) is 5.73. The number of rotatable bonds is 4. The molecular weight excluding hydrogens is 284 g/mol. The first-order chi connectivity index (χ1) is 11.4. The van der Waals surface area contributed by atoms with Crippen molar-refractivity contribution in [2.75, 3.05) is 32.8 Å². The van der Waals surface area contributed by atoms with Crippen LogP contribution in [0.25, 0.3) is 0 Å². The molecule has 2 aromatic rings. The Morgan fingerprint density at radius 2 is 1.35 bits per heavy atom. The molecule has 1 heterocycles. The van der Waals surface area contributed by atoms with Gasteiger partial charge in [0.05, 0.1) is 6.04 Å². The van der Waals surface area contributed by atoms with E-state index in [9.17, 15) is 0 Å². The SMILES string of the molecule is CCCO.c1ccc(C(c2ccccc2)N2CCNCC2)cc1. The summed E-state index contributed by atoms with van der Waals surface area (Å²) >= 11 is 0. The smallest absolute Gasteiger partial charge is 0.0602 e. The van der Waals surface area contributed by atoms with Gasteiger partial charge < -0.3 is 10.4 Å². The molecule has 1 aliphatic heterocycles. The van der Waals surface area contributed by atoms with Crippen LogP contribution in [0.5, 0.6) is 0 Å². The predicted octanol–water partition coefficient (Wildman–Crippen LogP) is 3.07. The molecule has 0 radical (unpaired) electrons. The number of hydrogen-bond donors (Lipinski definition) is 2. The summed E-state index contributed by atoms with van der Waals surface area (Å²) in [6.07, 6.45) is 0.875. The summed E-state index contributed by atoms with van der Waals surface area (Å²) in [5.41, 5.74) is 2.77. The van der Waals surface area contributed by atoms with E-state index in [4.69, 9.17) is 5.11 Å². The van der Waals surface area contributed by atoms with Crippen molar-refractivity contribution in [3.05, 3.63) is 71.8 Å². The summed E-state index contributed by atoms with van der Waals surface area (Å²) in [4.78, 5) is 2.57. The molecule has 0 atom stereocenters. The Kier molecular flexibility index (Phi) is 7.81. The highest BCUT2D eigenvalue weighted by Gasteiger charge is 2.23. The Bertz CT molecular complexity index is 482. The normalized spacial score (nSPS) is 15.1. The summed E-state index contributed by atoms with van der Waals surface area (Å²) in [5, 5.41) is 11.3. The summed E-state index contributed by atoms with van der Waals surface area (Å²) in [5.74, 6) is 0. The Labute approximate surface area is 140 Å². The van der Waals surface area contributed by atoms with Gasteiger partial charge in [-0.15, -0.1) is 0 Å². The van der Waals surface area contributed by atoms with E-state index in [1.807, 2.05) is 6.92 Å². The predicted molar refractivity (Wildman–Crippen MR) is 96.5 cm³/mol. The Morgan fingerprint density at radius 3 is 1.74 bits per heavy atom. The summed E-state index contributed by atoms with van der Waals surface area (Å²) in [7, 11) is 0. The zero-order chi connectivity index (χ0) is 16.3. The molecule has 1 saturated heterocycles. The molecule has 124 valence electrons. The molecule has 3 heteroatoms. The zero-order valence-electron chi connectivity index (χ0n) is 14.0. The van der Waals surface area contributed by atoms with Crippen LogP contribution in [-0.2, 0) is 0 Å². The number of nitrogens with zero attached hydrogens (tertiary/aromatic N) is 1. The molecule has 23 heavy (non-hydrogen) atoms. The fourth-order valence-electron chi connectivity index (χ4n) is 2.83. The van der Waals surface area contributed by atoms with Gasteiger partial charge in [0.1, 0.15) is 0 Å². The maximum atomic E-state index is 7.88. The van der Waals surface area contributed by atoms with E-state index in [0.717, 1.165) is 32.6 Å². The Balaban J connectivity index is 0.000000433. The number of aliphatic hydroxyl groups is 1. The molecule has 3 rings (SSSR count). The van der Waals surface area contributed by atoms with E-state index in [-0.39, 0.29) is 0 Å². The summed E-state index contributed by atoms with van der Waals surface area (Å²) in [6.45, 7) is 6.62. The van der Waals surface area contributed by atoms with Crippen LogP contribution in [0, 0.1) is 0 Å². The monoisotopic (exact) mass is 312 g/mol. The van der Waals surface area contributed by atoms with Crippen molar-refractivity contribution in [3.8, 4) is 0 Å². The van der Waals surface area contributed by atoms with Crippen molar-refractivity contribution >= 4 is 0 Å². The minimum atomic E-state index is 0.319. The van der Waals surface area contributed by atoms with Crippen molar-refractivity contribution in [1.82, 2.24) is 10.2 Å². The zero-order valence-corrected chi connectivity index (χ0v) is 14.0. The highest BCUT2D eigenvalue weighted by molar-refractivity contribution is 5.31. The lowest BCUT2D eigenvalue weighted by Crippen LogP contribution is -2.45. The maximum Gasteiger partial charge on any atom is 0.0602 e. The lowest BCUT2D eigenvalue weighted by molar-refractivity contribution is 0.198. The molecule has 2 N–H and O–H groups in total. The van der Waals surface area contributed by atoms with Crippen LogP contribution < -0.4 is 5.32 Å². The molecule has 1 aliphatic rings. The fraction of sp³-hybridized carbons (Fsp3) is 0.400. The van der Waals surface area contributed by atoms with E-state index >= 15 is 0 Å². The number of benzene rings is 2. The van der Waals surface area contributed by atoms with Gasteiger partial charge in [-0.05, 0) is 17.5 Å². The third kappa shape index (κ3) is 5.47. The quantitative estimate of drug-likeness (QED) is 0.911. The van der Waals surface area contributed by atoms with E-state index in [2.05, 4.69) is 70.9 Å². The van der Waals surface area contributed by atoms with Crippen molar-refractivity contribution < 1.29 is 5.11 Å². The number of hydrogen-bond acceptors (Lipinski definition) is 3. The maximum absolute atomic E-state index is 7.88. The topological polar surface area (TPSA) is 35.5 Å². The lowest BCUT2D eigenvalue weighted by atomic mass is 9.96. The van der Waals surface area contributed by atoms with Gasteiger partial charge in [-0.25, -0.2) is 0 Å².